The van der Waals surface area contributed by atoms with Gasteiger partial charge in [-0.2, -0.15) is 13.2 Å². The molecule has 0 bridgehead atoms. The average molecular weight is 442 g/mol. The van der Waals surface area contributed by atoms with Crippen molar-refractivity contribution in [2.45, 2.75) is 57.4 Å². The van der Waals surface area contributed by atoms with E-state index >= 15 is 0 Å². The number of amides is 1. The molecule has 8 nitrogen and oxygen atoms in total. The zero-order valence-corrected chi connectivity index (χ0v) is 17.3. The zero-order chi connectivity index (χ0) is 22.8. The van der Waals surface area contributed by atoms with Crippen LogP contribution in [0.25, 0.3) is 0 Å². The first-order chi connectivity index (χ1) is 14.5. The third kappa shape index (κ3) is 5.66. The largest absolute Gasteiger partial charge is 0.490 e. The molecule has 1 aliphatic carbocycles. The molecule has 1 saturated carbocycles. The molecule has 11 heteroatoms. The van der Waals surface area contributed by atoms with Gasteiger partial charge in [-0.25, -0.2) is 9.78 Å². The highest BCUT2D eigenvalue weighted by atomic mass is 19.4. The molecule has 0 saturated heterocycles. The Morgan fingerprint density at radius 1 is 1.32 bits per heavy atom. The van der Waals surface area contributed by atoms with Crippen LogP contribution < -0.4 is 5.32 Å². The summed E-state index contributed by atoms with van der Waals surface area (Å²) in [5.74, 6) is -0.944. The molecular formula is C20H25F3N4O4. The van der Waals surface area contributed by atoms with Gasteiger partial charge in [0.2, 0.25) is 5.91 Å². The van der Waals surface area contributed by atoms with Crippen LogP contribution in [-0.2, 0) is 29.7 Å². The molecule has 1 amide bonds. The number of hydrogen-bond donors (Lipinski definition) is 2. The Morgan fingerprint density at radius 2 is 2.00 bits per heavy atom. The van der Waals surface area contributed by atoms with Gasteiger partial charge in [-0.1, -0.05) is 0 Å². The minimum atomic E-state index is -5.08. The molecule has 170 valence electrons. The topological polar surface area (TPSA) is 101 Å². The Hall–Kier alpha value is -2.82. The van der Waals surface area contributed by atoms with Crippen LogP contribution >= 0.6 is 0 Å². The van der Waals surface area contributed by atoms with Crippen LogP contribution in [0.15, 0.2) is 22.9 Å². The molecule has 0 radical (unpaired) electrons. The molecule has 0 spiro atoms. The molecule has 0 aromatic carbocycles. The van der Waals surface area contributed by atoms with E-state index < -0.39 is 12.1 Å². The van der Waals surface area contributed by atoms with Gasteiger partial charge in [-0.15, -0.1) is 0 Å². The summed E-state index contributed by atoms with van der Waals surface area (Å²) in [5.41, 5.74) is 2.06. The predicted molar refractivity (Wildman–Crippen MR) is 103 cm³/mol. The van der Waals surface area contributed by atoms with Crippen molar-refractivity contribution < 1.29 is 32.3 Å². The molecule has 1 unspecified atom stereocenters. The van der Waals surface area contributed by atoms with Crippen molar-refractivity contribution in [3.05, 3.63) is 41.4 Å². The predicted octanol–water partition coefficient (Wildman–Crippen LogP) is 2.72. The summed E-state index contributed by atoms with van der Waals surface area (Å²) < 4.78 is 39.4. The van der Waals surface area contributed by atoms with Crippen LogP contribution in [0, 0.1) is 6.92 Å². The third-order valence-electron chi connectivity index (χ3n) is 5.39. The summed E-state index contributed by atoms with van der Waals surface area (Å²) in [6.45, 7) is 4.11. The number of furan rings is 1. The molecule has 4 rings (SSSR count). The van der Waals surface area contributed by atoms with Gasteiger partial charge in [-0.3, -0.25) is 9.69 Å². The number of fused-ring (bicyclic) bond motifs is 1. The molecule has 3 heterocycles. The number of carboxylic acid groups (broad SMARTS) is 1. The zero-order valence-electron chi connectivity index (χ0n) is 17.3. The number of hydrogen-bond acceptors (Lipinski definition) is 5. The fourth-order valence-electron chi connectivity index (χ4n) is 3.65. The number of alkyl halides is 3. The summed E-state index contributed by atoms with van der Waals surface area (Å²) in [5, 5.41) is 10.3. The summed E-state index contributed by atoms with van der Waals surface area (Å²) in [6, 6.07) is 4.34. The number of nitrogens with one attached hydrogen (secondary N) is 1. The van der Waals surface area contributed by atoms with Gasteiger partial charge in [0.15, 0.2) is 0 Å². The molecule has 2 aromatic rings. The second kappa shape index (κ2) is 9.13. The van der Waals surface area contributed by atoms with Gasteiger partial charge in [0, 0.05) is 26.2 Å². The summed E-state index contributed by atoms with van der Waals surface area (Å²) in [6.07, 6.45) is 0.156. The minimum Gasteiger partial charge on any atom is -0.475 e. The van der Waals surface area contributed by atoms with E-state index in [0.717, 1.165) is 42.3 Å². The fraction of sp³-hybridized carbons (Fsp3) is 0.550. The number of carbonyl (C=O) groups is 2. The number of imidazole rings is 1. The van der Waals surface area contributed by atoms with Gasteiger partial charge in [0.05, 0.1) is 30.2 Å². The lowest BCUT2D eigenvalue weighted by Gasteiger charge is -2.34. The normalized spacial score (nSPS) is 19.1. The van der Waals surface area contributed by atoms with Crippen molar-refractivity contribution in [3.63, 3.8) is 0 Å². The summed E-state index contributed by atoms with van der Waals surface area (Å²) in [7, 11) is 1.97. The molecule has 2 aromatic heterocycles. The summed E-state index contributed by atoms with van der Waals surface area (Å²) in [4.78, 5) is 28.5. The number of aryl methyl sites for hydroxylation is 2. The van der Waals surface area contributed by atoms with E-state index in [-0.39, 0.29) is 11.8 Å². The molecule has 1 fully saturated rings. The van der Waals surface area contributed by atoms with Crippen molar-refractivity contribution in [1.82, 2.24) is 19.8 Å². The number of aromatic nitrogens is 2. The Labute approximate surface area is 177 Å². The number of aliphatic carboxylic acids is 1. The number of rotatable bonds is 4. The SMILES string of the molecule is Cc1ccc(CN2Cc3ncn(C)c3C(C(=O)NC3CCC3)C2)o1.O=C(O)C(F)(F)F. The van der Waals surface area contributed by atoms with Gasteiger partial charge in [0.1, 0.15) is 11.5 Å². The molecule has 2 N–H and O–H groups in total. The Kier molecular flexibility index (Phi) is 6.73. The second-order valence-corrected chi connectivity index (χ2v) is 7.86. The highest BCUT2D eigenvalue weighted by Crippen LogP contribution is 2.30. The molecule has 1 aliphatic heterocycles. The van der Waals surface area contributed by atoms with Crippen molar-refractivity contribution in [2.75, 3.05) is 6.54 Å². The Balaban J connectivity index is 0.000000339. The van der Waals surface area contributed by atoms with E-state index in [1.54, 1.807) is 0 Å². The minimum absolute atomic E-state index is 0.130. The molecule has 1 atom stereocenters. The maximum absolute atomic E-state index is 12.8. The van der Waals surface area contributed by atoms with Crippen molar-refractivity contribution in [1.29, 1.82) is 0 Å². The third-order valence-corrected chi connectivity index (χ3v) is 5.39. The maximum Gasteiger partial charge on any atom is 0.490 e. The first-order valence-corrected chi connectivity index (χ1v) is 9.93. The monoisotopic (exact) mass is 442 g/mol. The highest BCUT2D eigenvalue weighted by molar-refractivity contribution is 5.84. The van der Waals surface area contributed by atoms with Gasteiger partial charge < -0.3 is 19.4 Å². The van der Waals surface area contributed by atoms with E-state index in [4.69, 9.17) is 14.3 Å². The lowest BCUT2D eigenvalue weighted by atomic mass is 9.91. The van der Waals surface area contributed by atoms with Crippen LogP contribution in [0.1, 0.15) is 48.1 Å². The lowest BCUT2D eigenvalue weighted by Crippen LogP contribution is -2.46. The van der Waals surface area contributed by atoms with E-state index in [1.165, 1.54) is 6.42 Å². The first-order valence-electron chi connectivity index (χ1n) is 9.93. The van der Waals surface area contributed by atoms with Crippen molar-refractivity contribution >= 4 is 11.9 Å². The van der Waals surface area contributed by atoms with Crippen LogP contribution in [0.5, 0.6) is 0 Å². The van der Waals surface area contributed by atoms with Crippen molar-refractivity contribution in [2.24, 2.45) is 7.05 Å². The number of nitrogens with zero attached hydrogens (tertiary/aromatic N) is 3. The maximum atomic E-state index is 12.8. The Morgan fingerprint density at radius 3 is 2.52 bits per heavy atom. The highest BCUT2D eigenvalue weighted by Gasteiger charge is 2.38. The number of halogens is 3. The van der Waals surface area contributed by atoms with E-state index in [2.05, 4.69) is 15.2 Å². The lowest BCUT2D eigenvalue weighted by molar-refractivity contribution is -0.192. The van der Waals surface area contributed by atoms with Crippen LogP contribution in [0.2, 0.25) is 0 Å². The standard InChI is InChI=1S/C18H24N4O2.C2HF3O2/c1-12-6-7-14(24-12)8-22-9-15(18(23)20-13-4-3-5-13)17-16(10-22)19-11-21(17)2;3-2(4,5)1(6)7/h6-7,11,13,15H,3-5,8-10H2,1-2H3,(H,20,23);(H,6,7). The number of carboxylic acids is 1. The first kappa shape index (κ1) is 22.9. The van der Waals surface area contributed by atoms with Crippen LogP contribution in [-0.4, -0.2) is 50.2 Å². The number of carbonyl (C=O) groups excluding carboxylic acids is 1. The van der Waals surface area contributed by atoms with E-state index in [1.807, 2.05) is 37.0 Å². The van der Waals surface area contributed by atoms with Gasteiger partial charge >= 0.3 is 12.1 Å². The Bertz CT molecular complexity index is 933. The molecular weight excluding hydrogens is 417 g/mol. The van der Waals surface area contributed by atoms with Gasteiger partial charge in [-0.05, 0) is 38.3 Å². The average Bonchev–Trinajstić information content (AvgIpc) is 3.23. The summed E-state index contributed by atoms with van der Waals surface area (Å²) >= 11 is 0. The van der Waals surface area contributed by atoms with Crippen molar-refractivity contribution in [3.8, 4) is 0 Å². The van der Waals surface area contributed by atoms with Crippen LogP contribution in [0.3, 0.4) is 0 Å². The molecule has 31 heavy (non-hydrogen) atoms. The van der Waals surface area contributed by atoms with Crippen LogP contribution in [0.4, 0.5) is 13.2 Å². The smallest absolute Gasteiger partial charge is 0.475 e. The van der Waals surface area contributed by atoms with E-state index in [9.17, 15) is 18.0 Å². The molecule has 2 aliphatic rings. The van der Waals surface area contributed by atoms with E-state index in [0.29, 0.717) is 19.1 Å². The second-order valence-electron chi connectivity index (χ2n) is 7.86. The quantitative estimate of drug-likeness (QED) is 0.755. The van der Waals surface area contributed by atoms with Gasteiger partial charge in [0.25, 0.3) is 0 Å². The fourth-order valence-corrected chi connectivity index (χ4v) is 3.65.